The van der Waals surface area contributed by atoms with Crippen LogP contribution in [0.1, 0.15) is 57.1 Å². The van der Waals surface area contributed by atoms with Gasteiger partial charge in [-0.1, -0.05) is 61.2 Å². The zero-order valence-corrected chi connectivity index (χ0v) is 11.1. The van der Waals surface area contributed by atoms with Gasteiger partial charge in [0.1, 0.15) is 6.04 Å². The summed E-state index contributed by atoms with van der Waals surface area (Å²) in [6.07, 6.45) is 5.79. The van der Waals surface area contributed by atoms with Gasteiger partial charge >= 0.3 is 0 Å². The molecule has 2 atom stereocenters. The van der Waals surface area contributed by atoms with E-state index in [1.807, 2.05) is 37.3 Å². The van der Waals surface area contributed by atoms with Gasteiger partial charge in [-0.25, -0.2) is 0 Å². The minimum atomic E-state index is -0.206. The Hall–Kier alpha value is -1.22. The molecule has 0 aromatic heterocycles. The molecule has 0 aliphatic carbocycles. The highest BCUT2D eigenvalue weighted by molar-refractivity contribution is 5.18. The Morgan fingerprint density at radius 3 is 2.22 bits per heavy atom. The normalized spacial score (nSPS) is 14.1. The summed E-state index contributed by atoms with van der Waals surface area (Å²) >= 11 is 0. The SMILES string of the molecule is CC(O)CCCCCCC(N=O)c1ccccc1. The van der Waals surface area contributed by atoms with Gasteiger partial charge in [-0.2, -0.15) is 4.91 Å². The fraction of sp³-hybridized carbons (Fsp3) is 0.600. The largest absolute Gasteiger partial charge is 0.393 e. The molecule has 3 nitrogen and oxygen atoms in total. The number of rotatable bonds is 9. The molecule has 0 aliphatic heterocycles. The number of nitroso groups, excluding NO2 is 1. The molecule has 0 heterocycles. The lowest BCUT2D eigenvalue weighted by Gasteiger charge is -2.09. The Morgan fingerprint density at radius 2 is 1.67 bits per heavy atom. The van der Waals surface area contributed by atoms with Crippen molar-refractivity contribution in [3.8, 4) is 0 Å². The molecule has 0 saturated heterocycles. The predicted octanol–water partition coefficient (Wildman–Crippen LogP) is 4.22. The van der Waals surface area contributed by atoms with Crippen molar-refractivity contribution in [2.24, 2.45) is 5.18 Å². The molecule has 0 amide bonds. The van der Waals surface area contributed by atoms with Crippen molar-refractivity contribution in [1.82, 2.24) is 0 Å². The van der Waals surface area contributed by atoms with E-state index in [0.29, 0.717) is 0 Å². The van der Waals surface area contributed by atoms with E-state index >= 15 is 0 Å². The fourth-order valence-electron chi connectivity index (χ4n) is 2.09. The molecule has 0 bridgehead atoms. The molecule has 0 fully saturated rings. The summed E-state index contributed by atoms with van der Waals surface area (Å²) in [7, 11) is 0. The number of hydrogen-bond donors (Lipinski definition) is 1. The summed E-state index contributed by atoms with van der Waals surface area (Å²) in [5, 5.41) is 12.3. The van der Waals surface area contributed by atoms with Crippen LogP contribution in [0.4, 0.5) is 0 Å². The Balaban J connectivity index is 2.19. The van der Waals surface area contributed by atoms with Crippen LogP contribution in [-0.2, 0) is 0 Å². The molecule has 3 heteroatoms. The first-order valence-electron chi connectivity index (χ1n) is 6.79. The van der Waals surface area contributed by atoms with E-state index in [9.17, 15) is 4.91 Å². The third-order valence-corrected chi connectivity index (χ3v) is 3.16. The fourth-order valence-corrected chi connectivity index (χ4v) is 2.09. The van der Waals surface area contributed by atoms with Crippen LogP contribution in [0.2, 0.25) is 0 Å². The third-order valence-electron chi connectivity index (χ3n) is 3.16. The number of benzene rings is 1. The van der Waals surface area contributed by atoms with Crippen LogP contribution >= 0.6 is 0 Å². The average Bonchev–Trinajstić information content (AvgIpc) is 2.38. The highest BCUT2D eigenvalue weighted by Gasteiger charge is 2.10. The third kappa shape index (κ3) is 5.92. The van der Waals surface area contributed by atoms with Crippen molar-refractivity contribution < 1.29 is 5.11 Å². The predicted molar refractivity (Wildman–Crippen MR) is 74.4 cm³/mol. The van der Waals surface area contributed by atoms with E-state index in [2.05, 4.69) is 5.18 Å². The van der Waals surface area contributed by atoms with Crippen LogP contribution in [-0.4, -0.2) is 11.2 Å². The molecule has 0 saturated carbocycles. The monoisotopic (exact) mass is 249 g/mol. The van der Waals surface area contributed by atoms with Crippen LogP contribution < -0.4 is 0 Å². The van der Waals surface area contributed by atoms with Crippen molar-refractivity contribution >= 4 is 0 Å². The van der Waals surface area contributed by atoms with Crippen molar-refractivity contribution in [2.45, 2.75) is 57.6 Å². The van der Waals surface area contributed by atoms with Crippen molar-refractivity contribution in [3.05, 3.63) is 40.8 Å². The Labute approximate surface area is 109 Å². The Morgan fingerprint density at radius 1 is 1.06 bits per heavy atom. The van der Waals surface area contributed by atoms with Crippen LogP contribution in [0.25, 0.3) is 0 Å². The summed E-state index contributed by atoms with van der Waals surface area (Å²) in [5.41, 5.74) is 1.01. The van der Waals surface area contributed by atoms with Gasteiger partial charge in [0.15, 0.2) is 0 Å². The lowest BCUT2D eigenvalue weighted by Crippen LogP contribution is -1.98. The van der Waals surface area contributed by atoms with E-state index < -0.39 is 0 Å². The van der Waals surface area contributed by atoms with Gasteiger partial charge in [-0.05, 0) is 25.3 Å². The van der Waals surface area contributed by atoms with Gasteiger partial charge in [0, 0.05) is 0 Å². The van der Waals surface area contributed by atoms with E-state index in [-0.39, 0.29) is 12.1 Å². The molecule has 100 valence electrons. The van der Waals surface area contributed by atoms with Gasteiger partial charge in [0.25, 0.3) is 0 Å². The zero-order chi connectivity index (χ0) is 13.2. The number of hydrogen-bond acceptors (Lipinski definition) is 3. The summed E-state index contributed by atoms with van der Waals surface area (Å²) in [6.45, 7) is 1.82. The molecular formula is C15H23NO2. The van der Waals surface area contributed by atoms with Crippen LogP contribution in [0.5, 0.6) is 0 Å². The highest BCUT2D eigenvalue weighted by Crippen LogP contribution is 2.23. The van der Waals surface area contributed by atoms with Gasteiger partial charge < -0.3 is 5.11 Å². The second-order valence-corrected chi connectivity index (χ2v) is 4.87. The number of aliphatic hydroxyl groups is 1. The molecule has 1 aromatic rings. The first kappa shape index (κ1) is 14.8. The van der Waals surface area contributed by atoms with Gasteiger partial charge in [0.05, 0.1) is 6.10 Å². The molecule has 1 N–H and O–H groups in total. The second kappa shape index (κ2) is 8.81. The summed E-state index contributed by atoms with van der Waals surface area (Å²) in [5.74, 6) is 0. The van der Waals surface area contributed by atoms with E-state index in [1.165, 1.54) is 0 Å². The average molecular weight is 249 g/mol. The van der Waals surface area contributed by atoms with E-state index in [4.69, 9.17) is 5.11 Å². The molecule has 0 radical (unpaired) electrons. The number of nitrogens with zero attached hydrogens (tertiary/aromatic N) is 1. The summed E-state index contributed by atoms with van der Waals surface area (Å²) < 4.78 is 0. The van der Waals surface area contributed by atoms with Gasteiger partial charge in [-0.15, -0.1) is 0 Å². The first-order chi connectivity index (χ1) is 8.74. The minimum absolute atomic E-state index is 0.196. The number of unbranched alkanes of at least 4 members (excludes halogenated alkanes) is 3. The second-order valence-electron chi connectivity index (χ2n) is 4.87. The molecule has 1 aromatic carbocycles. The maximum atomic E-state index is 10.8. The first-order valence-corrected chi connectivity index (χ1v) is 6.79. The Bertz CT molecular complexity index is 325. The topological polar surface area (TPSA) is 49.7 Å². The molecule has 18 heavy (non-hydrogen) atoms. The Kier molecular flexibility index (Phi) is 7.26. The lowest BCUT2D eigenvalue weighted by atomic mass is 10.0. The van der Waals surface area contributed by atoms with Crippen LogP contribution in [0.3, 0.4) is 0 Å². The standard InChI is InChI=1S/C15H23NO2/c1-13(17)9-5-2-3-8-12-15(16-18)14-10-6-4-7-11-14/h4,6-7,10-11,13,15,17H,2-3,5,8-9,12H2,1H3. The van der Waals surface area contributed by atoms with E-state index in [0.717, 1.165) is 44.1 Å². The van der Waals surface area contributed by atoms with Gasteiger partial charge in [-0.3, -0.25) is 0 Å². The number of aliphatic hydroxyl groups excluding tert-OH is 1. The summed E-state index contributed by atoms with van der Waals surface area (Å²) in [6, 6.07) is 9.54. The van der Waals surface area contributed by atoms with Crippen molar-refractivity contribution in [2.75, 3.05) is 0 Å². The smallest absolute Gasteiger partial charge is 0.117 e. The zero-order valence-electron chi connectivity index (χ0n) is 11.1. The van der Waals surface area contributed by atoms with Crippen LogP contribution in [0, 0.1) is 4.91 Å². The van der Waals surface area contributed by atoms with Crippen molar-refractivity contribution in [1.29, 1.82) is 0 Å². The van der Waals surface area contributed by atoms with Crippen LogP contribution in [0.15, 0.2) is 35.5 Å². The quantitative estimate of drug-likeness (QED) is 0.526. The minimum Gasteiger partial charge on any atom is -0.393 e. The van der Waals surface area contributed by atoms with E-state index in [1.54, 1.807) is 0 Å². The van der Waals surface area contributed by atoms with Crippen molar-refractivity contribution in [3.63, 3.8) is 0 Å². The lowest BCUT2D eigenvalue weighted by molar-refractivity contribution is 0.180. The maximum absolute atomic E-state index is 10.8. The molecule has 0 aliphatic rings. The van der Waals surface area contributed by atoms with Gasteiger partial charge in [0.2, 0.25) is 0 Å². The molecular weight excluding hydrogens is 226 g/mol. The maximum Gasteiger partial charge on any atom is 0.117 e. The highest BCUT2D eigenvalue weighted by atomic mass is 16.3. The molecule has 1 rings (SSSR count). The molecule has 0 spiro atoms. The molecule has 2 unspecified atom stereocenters. The summed E-state index contributed by atoms with van der Waals surface area (Å²) in [4.78, 5) is 10.8.